The Morgan fingerprint density at radius 2 is 1.42 bits per heavy atom. The molecule has 0 unspecified atom stereocenters. The number of nitrogens with zero attached hydrogens (tertiary/aromatic N) is 3. The van der Waals surface area contributed by atoms with Crippen molar-refractivity contribution in [2.75, 3.05) is 10.6 Å². The van der Waals surface area contributed by atoms with Gasteiger partial charge >= 0.3 is 0 Å². The minimum absolute atomic E-state index is 0.728. The normalized spacial score (nSPS) is 10.5. The van der Waals surface area contributed by atoms with Gasteiger partial charge in [-0.25, -0.2) is 9.97 Å². The van der Waals surface area contributed by atoms with Crippen molar-refractivity contribution in [3.8, 4) is 0 Å². The summed E-state index contributed by atoms with van der Waals surface area (Å²) in [5.41, 5.74) is 2.91. The lowest BCUT2D eigenvalue weighted by Crippen LogP contribution is -1.98. The average molecular weight is 313 g/mol. The lowest BCUT2D eigenvalue weighted by molar-refractivity contribution is 1.17. The van der Waals surface area contributed by atoms with Crippen LogP contribution in [-0.2, 0) is 0 Å². The van der Waals surface area contributed by atoms with Crippen molar-refractivity contribution >= 4 is 33.9 Å². The Bertz CT molecular complexity index is 969. The Kier molecular flexibility index (Phi) is 3.73. The number of fused-ring (bicyclic) bond motifs is 1. The molecule has 5 nitrogen and oxygen atoms in total. The zero-order chi connectivity index (χ0) is 16.2. The lowest BCUT2D eigenvalue weighted by atomic mass is 10.2. The molecule has 2 aromatic carbocycles. The van der Waals surface area contributed by atoms with E-state index in [0.717, 1.165) is 33.9 Å². The first-order chi connectivity index (χ1) is 11.9. The molecule has 0 fully saturated rings. The minimum Gasteiger partial charge on any atom is -0.340 e. The van der Waals surface area contributed by atoms with Crippen LogP contribution in [-0.4, -0.2) is 15.0 Å². The van der Waals surface area contributed by atoms with Gasteiger partial charge in [-0.2, -0.15) is 0 Å². The molecule has 0 radical (unpaired) electrons. The van der Waals surface area contributed by atoms with Crippen LogP contribution in [0.1, 0.15) is 0 Å². The maximum Gasteiger partial charge on any atom is 0.135 e. The predicted molar refractivity (Wildman–Crippen MR) is 96.8 cm³/mol. The van der Waals surface area contributed by atoms with Gasteiger partial charge < -0.3 is 10.6 Å². The SMILES string of the molecule is c1ccc(Nc2cc(Nc3ccc4ncccc4c3)ncn2)cc1. The number of nitrogens with one attached hydrogen (secondary N) is 2. The molecular weight excluding hydrogens is 298 g/mol. The van der Waals surface area contributed by atoms with Crippen LogP contribution >= 0.6 is 0 Å². The van der Waals surface area contributed by atoms with Gasteiger partial charge in [-0.1, -0.05) is 24.3 Å². The topological polar surface area (TPSA) is 62.7 Å². The molecule has 0 aliphatic heterocycles. The second kappa shape index (κ2) is 6.34. The zero-order valence-corrected chi connectivity index (χ0v) is 12.8. The third kappa shape index (κ3) is 3.15. The van der Waals surface area contributed by atoms with Crippen LogP contribution in [0, 0.1) is 0 Å². The maximum atomic E-state index is 4.33. The highest BCUT2D eigenvalue weighted by molar-refractivity contribution is 5.83. The highest BCUT2D eigenvalue weighted by Gasteiger charge is 2.02. The molecule has 0 spiro atoms. The molecule has 116 valence electrons. The van der Waals surface area contributed by atoms with Crippen molar-refractivity contribution in [1.29, 1.82) is 0 Å². The van der Waals surface area contributed by atoms with Crippen LogP contribution in [0.25, 0.3) is 10.9 Å². The Morgan fingerprint density at radius 3 is 2.25 bits per heavy atom. The lowest BCUT2D eigenvalue weighted by Gasteiger charge is -2.09. The molecule has 2 N–H and O–H groups in total. The van der Waals surface area contributed by atoms with E-state index < -0.39 is 0 Å². The molecule has 0 saturated carbocycles. The van der Waals surface area contributed by atoms with E-state index in [1.54, 1.807) is 6.20 Å². The van der Waals surface area contributed by atoms with Gasteiger partial charge in [-0.3, -0.25) is 4.98 Å². The number of hydrogen-bond acceptors (Lipinski definition) is 5. The first-order valence-corrected chi connectivity index (χ1v) is 7.63. The molecule has 5 heteroatoms. The summed E-state index contributed by atoms with van der Waals surface area (Å²) in [4.78, 5) is 12.9. The quantitative estimate of drug-likeness (QED) is 0.580. The van der Waals surface area contributed by atoms with Gasteiger partial charge in [0.05, 0.1) is 5.52 Å². The van der Waals surface area contributed by atoms with Crippen molar-refractivity contribution in [2.45, 2.75) is 0 Å². The van der Waals surface area contributed by atoms with E-state index in [1.807, 2.05) is 60.7 Å². The fourth-order valence-electron chi connectivity index (χ4n) is 2.46. The van der Waals surface area contributed by atoms with E-state index in [0.29, 0.717) is 0 Å². The Labute approximate surface area is 139 Å². The molecule has 2 aromatic heterocycles. The van der Waals surface area contributed by atoms with Crippen LogP contribution in [0.15, 0.2) is 79.3 Å². The van der Waals surface area contributed by atoms with Gasteiger partial charge in [-0.15, -0.1) is 0 Å². The first kappa shape index (κ1) is 14.1. The third-order valence-corrected chi connectivity index (χ3v) is 3.59. The molecule has 4 rings (SSSR count). The number of pyridine rings is 1. The molecule has 0 bridgehead atoms. The molecule has 0 saturated heterocycles. The largest absolute Gasteiger partial charge is 0.340 e. The Morgan fingerprint density at radius 1 is 0.625 bits per heavy atom. The van der Waals surface area contributed by atoms with Crippen LogP contribution in [0.2, 0.25) is 0 Å². The van der Waals surface area contributed by atoms with Crippen molar-refractivity contribution in [3.63, 3.8) is 0 Å². The molecule has 0 atom stereocenters. The minimum atomic E-state index is 0.728. The second-order valence-electron chi connectivity index (χ2n) is 5.32. The summed E-state index contributed by atoms with van der Waals surface area (Å²) in [6.07, 6.45) is 3.33. The smallest absolute Gasteiger partial charge is 0.135 e. The number of aromatic nitrogens is 3. The van der Waals surface area contributed by atoms with Crippen LogP contribution in [0.4, 0.5) is 23.0 Å². The third-order valence-electron chi connectivity index (χ3n) is 3.59. The monoisotopic (exact) mass is 313 g/mol. The van der Waals surface area contributed by atoms with E-state index in [1.165, 1.54) is 6.33 Å². The van der Waals surface area contributed by atoms with Crippen molar-refractivity contribution < 1.29 is 0 Å². The summed E-state index contributed by atoms with van der Waals surface area (Å²) >= 11 is 0. The molecule has 0 aliphatic carbocycles. The van der Waals surface area contributed by atoms with Gasteiger partial charge in [0.25, 0.3) is 0 Å². The molecule has 0 aliphatic rings. The highest BCUT2D eigenvalue weighted by atomic mass is 15.1. The fourth-order valence-corrected chi connectivity index (χ4v) is 2.46. The average Bonchev–Trinajstić information content (AvgIpc) is 2.63. The van der Waals surface area contributed by atoms with Crippen molar-refractivity contribution in [3.05, 3.63) is 79.3 Å². The number of anilines is 4. The number of para-hydroxylation sites is 1. The summed E-state index contributed by atoms with van der Waals surface area (Å²) < 4.78 is 0. The van der Waals surface area contributed by atoms with E-state index in [4.69, 9.17) is 0 Å². The van der Waals surface area contributed by atoms with E-state index in [9.17, 15) is 0 Å². The molecule has 0 amide bonds. The molecule has 24 heavy (non-hydrogen) atoms. The van der Waals surface area contributed by atoms with Gasteiger partial charge in [0.15, 0.2) is 0 Å². The van der Waals surface area contributed by atoms with E-state index in [-0.39, 0.29) is 0 Å². The standard InChI is InChI=1S/C19H15N5/c1-2-6-15(7-3-1)23-18-12-19(22-13-21-18)24-16-8-9-17-14(11-16)5-4-10-20-17/h1-13H,(H2,21,22,23,24). The van der Waals surface area contributed by atoms with Gasteiger partial charge in [-0.05, 0) is 36.4 Å². The van der Waals surface area contributed by atoms with Gasteiger partial charge in [0.1, 0.15) is 18.0 Å². The maximum absolute atomic E-state index is 4.33. The van der Waals surface area contributed by atoms with E-state index >= 15 is 0 Å². The number of hydrogen-bond donors (Lipinski definition) is 2. The van der Waals surface area contributed by atoms with Crippen LogP contribution < -0.4 is 10.6 Å². The van der Waals surface area contributed by atoms with Crippen molar-refractivity contribution in [1.82, 2.24) is 15.0 Å². The van der Waals surface area contributed by atoms with Crippen LogP contribution in [0.3, 0.4) is 0 Å². The summed E-state index contributed by atoms with van der Waals surface area (Å²) in [5, 5.41) is 7.64. The fraction of sp³-hybridized carbons (Fsp3) is 0. The number of rotatable bonds is 4. The highest BCUT2D eigenvalue weighted by Crippen LogP contribution is 2.22. The van der Waals surface area contributed by atoms with Gasteiger partial charge in [0.2, 0.25) is 0 Å². The first-order valence-electron chi connectivity index (χ1n) is 7.63. The molecule has 2 heterocycles. The Balaban J connectivity index is 1.56. The summed E-state index contributed by atoms with van der Waals surface area (Å²) in [6.45, 7) is 0. The number of benzene rings is 2. The zero-order valence-electron chi connectivity index (χ0n) is 12.8. The van der Waals surface area contributed by atoms with Gasteiger partial charge in [0, 0.05) is 29.0 Å². The molecule has 4 aromatic rings. The summed E-state index contributed by atoms with van der Waals surface area (Å²) in [6, 6.07) is 21.8. The molecular formula is C19H15N5. The predicted octanol–water partition coefficient (Wildman–Crippen LogP) is 4.51. The van der Waals surface area contributed by atoms with Crippen LogP contribution in [0.5, 0.6) is 0 Å². The van der Waals surface area contributed by atoms with Crippen molar-refractivity contribution in [2.24, 2.45) is 0 Å². The summed E-state index contributed by atoms with van der Waals surface area (Å²) in [7, 11) is 0. The van der Waals surface area contributed by atoms with E-state index in [2.05, 4.69) is 31.7 Å². The summed E-state index contributed by atoms with van der Waals surface area (Å²) in [5.74, 6) is 1.47. The second-order valence-corrected chi connectivity index (χ2v) is 5.32. The Hall–Kier alpha value is -3.47.